The number of nitrogens with two attached hydrogens (primary N) is 1. The molecule has 2 heterocycles. The van der Waals surface area contributed by atoms with E-state index in [1.54, 1.807) is 16.2 Å². The van der Waals surface area contributed by atoms with E-state index in [1.165, 1.54) is 10.4 Å². The maximum absolute atomic E-state index is 13.0. The van der Waals surface area contributed by atoms with Crippen LogP contribution < -0.4 is 5.73 Å². The number of thiophene rings is 1. The van der Waals surface area contributed by atoms with Gasteiger partial charge in [0.1, 0.15) is 0 Å². The predicted octanol–water partition coefficient (Wildman–Crippen LogP) is 2.57. The molecule has 26 heavy (non-hydrogen) atoms. The van der Waals surface area contributed by atoms with Gasteiger partial charge in [0.05, 0.1) is 6.54 Å². The van der Waals surface area contributed by atoms with Gasteiger partial charge < -0.3 is 10.6 Å². The topological polar surface area (TPSA) is 66.6 Å². The van der Waals surface area contributed by atoms with Crippen molar-refractivity contribution in [3.63, 3.8) is 0 Å². The lowest BCUT2D eigenvalue weighted by atomic mass is 10.0. The van der Waals surface area contributed by atoms with Gasteiger partial charge in [0.15, 0.2) is 0 Å². The van der Waals surface area contributed by atoms with Crippen LogP contribution in [0.15, 0.2) is 41.8 Å². The highest BCUT2D eigenvalue weighted by Gasteiger charge is 2.27. The lowest BCUT2D eigenvalue weighted by molar-refractivity contribution is -0.134. The van der Waals surface area contributed by atoms with Crippen LogP contribution in [0.1, 0.15) is 35.4 Å². The Morgan fingerprint density at radius 1 is 1.27 bits per heavy atom. The Hall–Kier alpha value is -2.18. The first-order valence-corrected chi connectivity index (χ1v) is 9.83. The molecule has 0 unspecified atom stereocenters. The monoisotopic (exact) mass is 371 g/mol. The van der Waals surface area contributed by atoms with Crippen LogP contribution in [0.5, 0.6) is 0 Å². The van der Waals surface area contributed by atoms with Crippen LogP contribution in [0.25, 0.3) is 0 Å². The standard InChI is InChI=1S/C20H25N3O2S/c1-15-17-9-12-26-18(17)7-10-22(15)14-20(25)23(11-8-19(21)24)13-16-5-3-2-4-6-16/h2-6,9,12,15H,7-8,10-11,13-14H2,1H3,(H2,21,24)/t15-/m0/s1. The summed E-state index contributed by atoms with van der Waals surface area (Å²) in [6.07, 6.45) is 1.17. The van der Waals surface area contributed by atoms with Gasteiger partial charge in [0, 0.05) is 37.0 Å². The number of hydrogen-bond acceptors (Lipinski definition) is 4. The molecule has 0 spiro atoms. The molecule has 0 saturated carbocycles. The maximum atomic E-state index is 13.0. The number of rotatable bonds is 7. The molecule has 0 radical (unpaired) electrons. The van der Waals surface area contributed by atoms with Crippen LogP contribution in [-0.2, 0) is 22.6 Å². The average molecular weight is 372 g/mol. The quantitative estimate of drug-likeness (QED) is 0.813. The highest BCUT2D eigenvalue weighted by Crippen LogP contribution is 2.32. The fraction of sp³-hybridized carbons (Fsp3) is 0.400. The van der Waals surface area contributed by atoms with Crippen molar-refractivity contribution in [1.29, 1.82) is 0 Å². The number of benzene rings is 1. The highest BCUT2D eigenvalue weighted by atomic mass is 32.1. The fourth-order valence-corrected chi connectivity index (χ4v) is 4.35. The molecule has 6 heteroatoms. The van der Waals surface area contributed by atoms with Gasteiger partial charge in [-0.05, 0) is 35.9 Å². The SMILES string of the molecule is C[C@H]1c2ccsc2CCN1CC(=O)N(CCC(N)=O)Cc1ccccc1. The van der Waals surface area contributed by atoms with E-state index < -0.39 is 0 Å². The molecule has 1 atom stereocenters. The number of primary amides is 1. The average Bonchev–Trinajstić information content (AvgIpc) is 3.11. The zero-order valence-corrected chi connectivity index (χ0v) is 15.9. The van der Waals surface area contributed by atoms with E-state index in [-0.39, 0.29) is 24.3 Å². The minimum absolute atomic E-state index is 0.0423. The third-order valence-corrected chi connectivity index (χ3v) is 5.94. The molecule has 1 aromatic heterocycles. The van der Waals surface area contributed by atoms with Gasteiger partial charge in [-0.25, -0.2) is 0 Å². The molecule has 5 nitrogen and oxygen atoms in total. The van der Waals surface area contributed by atoms with E-state index in [2.05, 4.69) is 23.3 Å². The molecule has 2 amide bonds. The second-order valence-electron chi connectivity index (χ2n) is 6.71. The molecule has 2 N–H and O–H groups in total. The maximum Gasteiger partial charge on any atom is 0.237 e. The minimum Gasteiger partial charge on any atom is -0.370 e. The van der Waals surface area contributed by atoms with Gasteiger partial charge in [-0.15, -0.1) is 11.3 Å². The smallest absolute Gasteiger partial charge is 0.237 e. The minimum atomic E-state index is -0.384. The highest BCUT2D eigenvalue weighted by molar-refractivity contribution is 7.10. The molecular formula is C20H25N3O2S. The van der Waals surface area contributed by atoms with E-state index in [9.17, 15) is 9.59 Å². The fourth-order valence-electron chi connectivity index (χ4n) is 3.39. The van der Waals surface area contributed by atoms with Crippen molar-refractivity contribution in [2.24, 2.45) is 5.73 Å². The largest absolute Gasteiger partial charge is 0.370 e. The van der Waals surface area contributed by atoms with E-state index in [4.69, 9.17) is 5.73 Å². The molecule has 1 aliphatic heterocycles. The summed E-state index contributed by atoms with van der Waals surface area (Å²) in [4.78, 5) is 29.6. The van der Waals surface area contributed by atoms with Gasteiger partial charge >= 0.3 is 0 Å². The first kappa shape index (κ1) is 18.6. The summed E-state index contributed by atoms with van der Waals surface area (Å²) in [7, 11) is 0. The summed E-state index contributed by atoms with van der Waals surface area (Å²) in [6.45, 7) is 4.26. The summed E-state index contributed by atoms with van der Waals surface area (Å²) in [6, 6.07) is 12.2. The Kier molecular flexibility index (Phi) is 6.06. The lowest BCUT2D eigenvalue weighted by Crippen LogP contribution is -2.44. The number of amides is 2. The van der Waals surface area contributed by atoms with E-state index in [1.807, 2.05) is 30.3 Å². The van der Waals surface area contributed by atoms with Crippen molar-refractivity contribution < 1.29 is 9.59 Å². The van der Waals surface area contributed by atoms with Crippen LogP contribution in [0.4, 0.5) is 0 Å². The predicted molar refractivity (Wildman–Crippen MR) is 104 cm³/mol. The third-order valence-electron chi connectivity index (χ3n) is 4.94. The van der Waals surface area contributed by atoms with Crippen LogP contribution in [0.3, 0.4) is 0 Å². The summed E-state index contributed by atoms with van der Waals surface area (Å²) in [5.41, 5.74) is 7.68. The summed E-state index contributed by atoms with van der Waals surface area (Å²) in [5, 5.41) is 2.13. The van der Waals surface area contributed by atoms with Crippen LogP contribution in [0, 0.1) is 0 Å². The summed E-state index contributed by atoms with van der Waals surface area (Å²) in [5.74, 6) is -0.342. The van der Waals surface area contributed by atoms with E-state index in [0.717, 1.165) is 18.5 Å². The first-order valence-electron chi connectivity index (χ1n) is 8.95. The molecule has 138 valence electrons. The van der Waals surface area contributed by atoms with Crippen molar-refractivity contribution in [3.05, 3.63) is 57.8 Å². The Morgan fingerprint density at radius 3 is 2.77 bits per heavy atom. The van der Waals surface area contributed by atoms with E-state index >= 15 is 0 Å². The second-order valence-corrected chi connectivity index (χ2v) is 7.71. The summed E-state index contributed by atoms with van der Waals surface area (Å²) >= 11 is 1.80. The number of carbonyl (C=O) groups is 2. The number of carbonyl (C=O) groups excluding carboxylic acids is 2. The molecule has 0 bridgehead atoms. The molecule has 2 aromatic rings. The Bertz CT molecular complexity index is 759. The lowest BCUT2D eigenvalue weighted by Gasteiger charge is -2.34. The van der Waals surface area contributed by atoms with Crippen molar-refractivity contribution in [2.75, 3.05) is 19.6 Å². The van der Waals surface area contributed by atoms with Gasteiger partial charge in [-0.3, -0.25) is 14.5 Å². The number of hydrogen-bond donors (Lipinski definition) is 1. The Balaban J connectivity index is 1.67. The number of nitrogens with zero attached hydrogens (tertiary/aromatic N) is 2. The second kappa shape index (κ2) is 8.47. The van der Waals surface area contributed by atoms with Gasteiger partial charge in [-0.2, -0.15) is 0 Å². The van der Waals surface area contributed by atoms with Crippen molar-refractivity contribution >= 4 is 23.2 Å². The Morgan fingerprint density at radius 2 is 2.04 bits per heavy atom. The van der Waals surface area contributed by atoms with Crippen LogP contribution >= 0.6 is 11.3 Å². The first-order chi connectivity index (χ1) is 12.5. The normalized spacial score (nSPS) is 16.9. The zero-order chi connectivity index (χ0) is 18.5. The summed E-state index contributed by atoms with van der Waals surface area (Å²) < 4.78 is 0. The van der Waals surface area contributed by atoms with Gasteiger partial charge in [0.25, 0.3) is 0 Å². The van der Waals surface area contributed by atoms with Crippen LogP contribution in [0.2, 0.25) is 0 Å². The molecule has 0 aliphatic carbocycles. The van der Waals surface area contributed by atoms with Crippen molar-refractivity contribution in [3.8, 4) is 0 Å². The molecule has 1 aromatic carbocycles. The molecule has 0 fully saturated rings. The molecule has 0 saturated heterocycles. The van der Waals surface area contributed by atoms with E-state index in [0.29, 0.717) is 19.6 Å². The third kappa shape index (κ3) is 4.51. The van der Waals surface area contributed by atoms with Gasteiger partial charge in [-0.1, -0.05) is 30.3 Å². The van der Waals surface area contributed by atoms with Crippen LogP contribution in [-0.4, -0.2) is 41.2 Å². The van der Waals surface area contributed by atoms with Crippen molar-refractivity contribution in [2.45, 2.75) is 32.4 Å². The Labute approximate surface area is 158 Å². The molecule has 1 aliphatic rings. The van der Waals surface area contributed by atoms with Gasteiger partial charge in [0.2, 0.25) is 11.8 Å². The van der Waals surface area contributed by atoms with Crippen molar-refractivity contribution in [1.82, 2.24) is 9.80 Å². The zero-order valence-electron chi connectivity index (χ0n) is 15.1. The molecule has 3 rings (SSSR count). The number of fused-ring (bicyclic) bond motifs is 1. The molecular weight excluding hydrogens is 346 g/mol.